The van der Waals surface area contributed by atoms with Crippen LogP contribution in [0.1, 0.15) is 23.1 Å². The first-order valence-electron chi connectivity index (χ1n) is 6.88. The molecule has 1 aromatic carbocycles. The molecule has 0 aliphatic carbocycles. The number of nitrogens with zero attached hydrogens (tertiary/aromatic N) is 3. The van der Waals surface area contributed by atoms with Crippen LogP contribution in [0.5, 0.6) is 0 Å². The molecule has 0 aliphatic rings. The predicted octanol–water partition coefficient (Wildman–Crippen LogP) is 3.20. The van der Waals surface area contributed by atoms with Gasteiger partial charge in [-0.05, 0) is 24.3 Å². The minimum Gasteiger partial charge on any atom is -0.270 e. The number of hydrogen-bond donors (Lipinski definition) is 0. The first kappa shape index (κ1) is 13.2. The number of imidazole rings is 1. The Morgan fingerprint density at radius 1 is 1.05 bits per heavy atom. The summed E-state index contributed by atoms with van der Waals surface area (Å²) in [6, 6.07) is 13.3. The zero-order chi connectivity index (χ0) is 14.7. The van der Waals surface area contributed by atoms with Crippen molar-refractivity contribution in [3.05, 3.63) is 72.4 Å². The van der Waals surface area contributed by atoms with Crippen LogP contribution in [0, 0.1) is 0 Å². The highest BCUT2D eigenvalue weighted by molar-refractivity contribution is 5.96. The van der Waals surface area contributed by atoms with Gasteiger partial charge in [0.2, 0.25) is 0 Å². The molecule has 2 aromatic heterocycles. The molecule has 4 heteroatoms. The maximum Gasteiger partial charge on any atom is 0.263 e. The van der Waals surface area contributed by atoms with Gasteiger partial charge in [-0.15, -0.1) is 0 Å². The second-order valence-corrected chi connectivity index (χ2v) is 4.66. The Labute approximate surface area is 123 Å². The van der Waals surface area contributed by atoms with Crippen LogP contribution in [-0.2, 0) is 6.42 Å². The van der Waals surface area contributed by atoms with E-state index in [1.807, 2.05) is 49.4 Å². The lowest BCUT2D eigenvalue weighted by Crippen LogP contribution is -2.14. The van der Waals surface area contributed by atoms with Crippen LogP contribution in [0.4, 0.5) is 0 Å². The van der Waals surface area contributed by atoms with Crippen molar-refractivity contribution in [3.8, 4) is 11.3 Å². The molecular weight excluding hydrogens is 262 g/mol. The lowest BCUT2D eigenvalue weighted by atomic mass is 10.1. The molecule has 3 rings (SSSR count). The third-order valence-corrected chi connectivity index (χ3v) is 3.34. The molecule has 0 atom stereocenters. The Hall–Kier alpha value is -2.75. The molecule has 21 heavy (non-hydrogen) atoms. The summed E-state index contributed by atoms with van der Waals surface area (Å²) in [5.41, 5.74) is 2.53. The van der Waals surface area contributed by atoms with Crippen molar-refractivity contribution in [2.75, 3.05) is 0 Å². The molecule has 0 aliphatic heterocycles. The lowest BCUT2D eigenvalue weighted by Gasteiger charge is -2.06. The average Bonchev–Trinajstić information content (AvgIpc) is 3.04. The number of benzene rings is 1. The number of aromatic nitrogens is 3. The number of pyridine rings is 1. The summed E-state index contributed by atoms with van der Waals surface area (Å²) >= 11 is 0. The smallest absolute Gasteiger partial charge is 0.263 e. The maximum absolute atomic E-state index is 12.4. The standard InChI is InChI=1S/C17H15N3O/c1-2-16-19-11-12-20(16)17(21)14-8-6-13(7-9-14)15-5-3-4-10-18-15/h3-12H,2H2,1H3. The van der Waals surface area contributed by atoms with E-state index in [1.54, 1.807) is 23.2 Å². The Balaban J connectivity index is 1.89. The van der Waals surface area contributed by atoms with E-state index in [9.17, 15) is 4.79 Å². The minimum absolute atomic E-state index is 0.0584. The lowest BCUT2D eigenvalue weighted by molar-refractivity contribution is 0.0956. The molecular formula is C17H15N3O. The molecule has 0 saturated carbocycles. The second-order valence-electron chi connectivity index (χ2n) is 4.66. The first-order valence-corrected chi connectivity index (χ1v) is 6.88. The highest BCUT2D eigenvalue weighted by atomic mass is 16.2. The molecule has 104 valence electrons. The second kappa shape index (κ2) is 5.71. The van der Waals surface area contributed by atoms with Crippen LogP contribution in [0.25, 0.3) is 11.3 Å². The predicted molar refractivity (Wildman–Crippen MR) is 81.0 cm³/mol. The van der Waals surface area contributed by atoms with E-state index in [4.69, 9.17) is 0 Å². The largest absolute Gasteiger partial charge is 0.270 e. The van der Waals surface area contributed by atoms with Crippen LogP contribution >= 0.6 is 0 Å². The molecule has 0 saturated heterocycles. The molecule has 3 aromatic rings. The monoisotopic (exact) mass is 277 g/mol. The zero-order valence-corrected chi connectivity index (χ0v) is 11.7. The minimum atomic E-state index is -0.0584. The average molecular weight is 277 g/mol. The van der Waals surface area contributed by atoms with Crippen LogP contribution in [0.2, 0.25) is 0 Å². The maximum atomic E-state index is 12.4. The number of aryl methyl sites for hydroxylation is 1. The van der Waals surface area contributed by atoms with E-state index in [-0.39, 0.29) is 5.91 Å². The van der Waals surface area contributed by atoms with Crippen molar-refractivity contribution in [3.63, 3.8) is 0 Å². The Kier molecular flexibility index (Phi) is 3.60. The van der Waals surface area contributed by atoms with Crippen LogP contribution < -0.4 is 0 Å². The fraction of sp³-hybridized carbons (Fsp3) is 0.118. The summed E-state index contributed by atoms with van der Waals surface area (Å²) in [4.78, 5) is 20.9. The molecule has 0 fully saturated rings. The summed E-state index contributed by atoms with van der Waals surface area (Å²) in [7, 11) is 0. The molecule has 2 heterocycles. The fourth-order valence-corrected chi connectivity index (χ4v) is 2.24. The van der Waals surface area contributed by atoms with E-state index in [0.717, 1.165) is 23.5 Å². The normalized spacial score (nSPS) is 10.5. The van der Waals surface area contributed by atoms with Crippen LogP contribution in [0.3, 0.4) is 0 Å². The fourth-order valence-electron chi connectivity index (χ4n) is 2.24. The number of carbonyl (C=O) groups excluding carboxylic acids is 1. The van der Waals surface area contributed by atoms with Gasteiger partial charge in [0, 0.05) is 36.1 Å². The summed E-state index contributed by atoms with van der Waals surface area (Å²) < 4.78 is 1.59. The Morgan fingerprint density at radius 2 is 1.86 bits per heavy atom. The van der Waals surface area contributed by atoms with Gasteiger partial charge in [0.05, 0.1) is 5.69 Å². The Bertz CT molecular complexity index is 745. The zero-order valence-electron chi connectivity index (χ0n) is 11.7. The van der Waals surface area contributed by atoms with Gasteiger partial charge >= 0.3 is 0 Å². The van der Waals surface area contributed by atoms with Crippen molar-refractivity contribution in [1.82, 2.24) is 14.5 Å². The van der Waals surface area contributed by atoms with E-state index in [0.29, 0.717) is 5.56 Å². The topological polar surface area (TPSA) is 47.8 Å². The number of rotatable bonds is 3. The molecule has 0 unspecified atom stereocenters. The first-order chi connectivity index (χ1) is 10.3. The third kappa shape index (κ3) is 2.60. The van der Waals surface area contributed by atoms with E-state index >= 15 is 0 Å². The van der Waals surface area contributed by atoms with Crippen molar-refractivity contribution in [2.24, 2.45) is 0 Å². The van der Waals surface area contributed by atoms with Gasteiger partial charge in [-0.1, -0.05) is 25.1 Å². The SMILES string of the molecule is CCc1nccn1C(=O)c1ccc(-c2ccccn2)cc1. The number of hydrogen-bond acceptors (Lipinski definition) is 3. The highest BCUT2D eigenvalue weighted by Crippen LogP contribution is 2.17. The van der Waals surface area contributed by atoms with Gasteiger partial charge < -0.3 is 0 Å². The van der Waals surface area contributed by atoms with Crippen molar-refractivity contribution in [1.29, 1.82) is 0 Å². The van der Waals surface area contributed by atoms with Crippen molar-refractivity contribution in [2.45, 2.75) is 13.3 Å². The summed E-state index contributed by atoms with van der Waals surface area (Å²) in [6.45, 7) is 1.98. The van der Waals surface area contributed by atoms with Gasteiger partial charge in [-0.2, -0.15) is 0 Å². The van der Waals surface area contributed by atoms with Crippen molar-refractivity contribution < 1.29 is 4.79 Å². The molecule has 0 amide bonds. The molecule has 4 nitrogen and oxygen atoms in total. The van der Waals surface area contributed by atoms with Crippen molar-refractivity contribution >= 4 is 5.91 Å². The quantitative estimate of drug-likeness (QED) is 0.738. The van der Waals surface area contributed by atoms with Gasteiger partial charge in [0.15, 0.2) is 0 Å². The van der Waals surface area contributed by atoms with Crippen LogP contribution in [-0.4, -0.2) is 20.4 Å². The van der Waals surface area contributed by atoms with E-state index in [1.165, 1.54) is 0 Å². The van der Waals surface area contributed by atoms with Gasteiger partial charge in [-0.3, -0.25) is 14.3 Å². The summed E-state index contributed by atoms with van der Waals surface area (Å²) in [5, 5.41) is 0. The van der Waals surface area contributed by atoms with E-state index < -0.39 is 0 Å². The molecule has 0 N–H and O–H groups in total. The Morgan fingerprint density at radius 3 is 2.52 bits per heavy atom. The highest BCUT2D eigenvalue weighted by Gasteiger charge is 2.12. The van der Waals surface area contributed by atoms with Gasteiger partial charge in [0.25, 0.3) is 5.91 Å². The van der Waals surface area contributed by atoms with Gasteiger partial charge in [0.1, 0.15) is 5.82 Å². The molecule has 0 bridgehead atoms. The molecule has 0 radical (unpaired) electrons. The summed E-state index contributed by atoms with van der Waals surface area (Å²) in [6.07, 6.45) is 5.84. The van der Waals surface area contributed by atoms with Crippen LogP contribution in [0.15, 0.2) is 61.1 Å². The third-order valence-electron chi connectivity index (χ3n) is 3.34. The van der Waals surface area contributed by atoms with E-state index in [2.05, 4.69) is 9.97 Å². The summed E-state index contributed by atoms with van der Waals surface area (Å²) in [5.74, 6) is 0.714. The molecule has 0 spiro atoms. The number of carbonyl (C=O) groups is 1. The van der Waals surface area contributed by atoms with Gasteiger partial charge in [-0.25, -0.2) is 4.98 Å².